The molecule has 0 bridgehead atoms. The van der Waals surface area contributed by atoms with Gasteiger partial charge in [-0.15, -0.1) is 0 Å². The van der Waals surface area contributed by atoms with E-state index in [-0.39, 0.29) is 39.6 Å². The molecule has 0 spiro atoms. The minimum absolute atomic E-state index is 0.0129. The Bertz CT molecular complexity index is 1080. The van der Waals surface area contributed by atoms with E-state index in [0.29, 0.717) is 5.56 Å². The van der Waals surface area contributed by atoms with Crippen LogP contribution >= 0.6 is 0 Å². The maximum absolute atomic E-state index is 12.3. The number of nitro benzene ring substituents is 1. The van der Waals surface area contributed by atoms with Crippen LogP contribution in [0.4, 0.5) is 17.5 Å². The number of nitrogen functional groups attached to an aromatic ring is 2. The molecule has 0 aliphatic heterocycles. The Labute approximate surface area is 133 Å². The average molecular weight is 323 g/mol. The summed E-state index contributed by atoms with van der Waals surface area (Å²) in [5.74, 6) is -0.255. The molecule has 3 rings (SSSR count). The zero-order chi connectivity index (χ0) is 17.4. The van der Waals surface area contributed by atoms with Crippen LogP contribution in [0.25, 0.3) is 22.2 Å². The molecule has 118 valence electrons. The van der Waals surface area contributed by atoms with E-state index in [4.69, 9.17) is 11.5 Å². The van der Waals surface area contributed by atoms with Gasteiger partial charge < -0.3 is 11.5 Å². The van der Waals surface area contributed by atoms with Crippen LogP contribution in [0.2, 0.25) is 0 Å². The second kappa shape index (κ2) is 5.33. The number of nitro groups is 1. The number of nitrogens with zero attached hydrogens (tertiary/aromatic N) is 4. The number of nitrogens with two attached hydrogens (primary N) is 2. The number of H-pyrrole nitrogens is 1. The van der Waals surface area contributed by atoms with Gasteiger partial charge >= 0.3 is 0 Å². The summed E-state index contributed by atoms with van der Waals surface area (Å²) in [5.41, 5.74) is 11.1. The predicted octanol–water partition coefficient (Wildman–Crippen LogP) is 0.929. The molecule has 0 saturated heterocycles. The predicted molar refractivity (Wildman–Crippen MR) is 85.8 cm³/mol. The summed E-state index contributed by atoms with van der Waals surface area (Å²) in [5, 5.41) is 20.2. The first-order chi connectivity index (χ1) is 11.4. The minimum atomic E-state index is -0.588. The van der Waals surface area contributed by atoms with Gasteiger partial charge in [-0.2, -0.15) is 10.2 Å². The Morgan fingerprint density at radius 3 is 2.46 bits per heavy atom. The van der Waals surface area contributed by atoms with Gasteiger partial charge in [0.05, 0.1) is 10.3 Å². The van der Waals surface area contributed by atoms with Crippen LogP contribution in [0.3, 0.4) is 0 Å². The maximum Gasteiger partial charge on any atom is 0.269 e. The Morgan fingerprint density at radius 1 is 1.21 bits per heavy atom. The quantitative estimate of drug-likeness (QED) is 0.460. The zero-order valence-corrected chi connectivity index (χ0v) is 12.0. The molecule has 0 unspecified atom stereocenters. The summed E-state index contributed by atoms with van der Waals surface area (Å²) in [6.07, 6.45) is 0. The lowest BCUT2D eigenvalue weighted by molar-refractivity contribution is -0.384. The maximum atomic E-state index is 12.3. The standard InChI is InChI=1S/C14H9N7O3/c15-5-8-9(6-1-3-7(4-2-6)21(23)24)10-12(18-11(8)16)19-14(17)20-13(10)22/h1-4H,(H5,16,17,18,19,20,22). The number of fused-ring (bicyclic) bond motifs is 1. The van der Waals surface area contributed by atoms with Gasteiger partial charge in [0.25, 0.3) is 11.2 Å². The lowest BCUT2D eigenvalue weighted by Crippen LogP contribution is -2.15. The lowest BCUT2D eigenvalue weighted by atomic mass is 9.98. The second-order valence-electron chi connectivity index (χ2n) is 4.81. The Hall–Kier alpha value is -4.00. The highest BCUT2D eigenvalue weighted by molar-refractivity contribution is 5.97. The molecule has 3 aromatic rings. The summed E-state index contributed by atoms with van der Waals surface area (Å²) in [6.45, 7) is 0. The largest absolute Gasteiger partial charge is 0.383 e. The smallest absolute Gasteiger partial charge is 0.269 e. The fraction of sp³-hybridized carbons (Fsp3) is 0. The number of rotatable bonds is 2. The molecular weight excluding hydrogens is 314 g/mol. The minimum Gasteiger partial charge on any atom is -0.383 e. The number of pyridine rings is 1. The molecule has 5 N–H and O–H groups in total. The van der Waals surface area contributed by atoms with Crippen LogP contribution in [0.1, 0.15) is 5.56 Å². The highest BCUT2D eigenvalue weighted by atomic mass is 16.6. The van der Waals surface area contributed by atoms with Crippen molar-refractivity contribution in [3.63, 3.8) is 0 Å². The van der Waals surface area contributed by atoms with E-state index in [2.05, 4.69) is 15.0 Å². The van der Waals surface area contributed by atoms with Crippen LogP contribution in [0, 0.1) is 21.4 Å². The van der Waals surface area contributed by atoms with Crippen molar-refractivity contribution in [1.29, 1.82) is 5.26 Å². The van der Waals surface area contributed by atoms with Crippen LogP contribution in [-0.2, 0) is 0 Å². The van der Waals surface area contributed by atoms with Gasteiger partial charge in [-0.1, -0.05) is 0 Å². The molecule has 0 saturated carbocycles. The number of aromatic amines is 1. The fourth-order valence-electron chi connectivity index (χ4n) is 2.36. The molecule has 0 amide bonds. The van der Waals surface area contributed by atoms with Crippen molar-refractivity contribution in [3.05, 3.63) is 50.3 Å². The molecule has 0 atom stereocenters. The molecule has 24 heavy (non-hydrogen) atoms. The van der Waals surface area contributed by atoms with Crippen LogP contribution in [-0.4, -0.2) is 19.9 Å². The van der Waals surface area contributed by atoms with Gasteiger partial charge in [0.1, 0.15) is 17.5 Å². The average Bonchev–Trinajstić information content (AvgIpc) is 2.53. The number of anilines is 2. The van der Waals surface area contributed by atoms with Crippen molar-refractivity contribution in [2.75, 3.05) is 11.5 Å². The van der Waals surface area contributed by atoms with Gasteiger partial charge in [0.2, 0.25) is 5.95 Å². The van der Waals surface area contributed by atoms with Crippen molar-refractivity contribution in [2.45, 2.75) is 0 Å². The first kappa shape index (κ1) is 14.9. The Balaban J connectivity index is 2.43. The number of non-ortho nitro benzene ring substituents is 1. The SMILES string of the molecule is N#Cc1c(N)nc2nc(N)[nH]c(=O)c2c1-c1ccc([N+](=O)[O-])cc1. The summed E-state index contributed by atoms with van der Waals surface area (Å²) < 4.78 is 0. The van der Waals surface area contributed by atoms with Gasteiger partial charge in [-0.25, -0.2) is 4.98 Å². The summed E-state index contributed by atoms with van der Waals surface area (Å²) >= 11 is 0. The third-order valence-electron chi connectivity index (χ3n) is 3.38. The molecule has 0 aliphatic rings. The molecule has 1 aromatic carbocycles. The van der Waals surface area contributed by atoms with Gasteiger partial charge in [0.15, 0.2) is 5.65 Å². The van der Waals surface area contributed by atoms with Gasteiger partial charge in [0, 0.05) is 17.7 Å². The van der Waals surface area contributed by atoms with Crippen molar-refractivity contribution in [3.8, 4) is 17.2 Å². The van der Waals surface area contributed by atoms with Crippen molar-refractivity contribution in [1.82, 2.24) is 15.0 Å². The van der Waals surface area contributed by atoms with E-state index in [0.717, 1.165) is 0 Å². The molecular formula is C14H9N7O3. The van der Waals surface area contributed by atoms with E-state index in [1.165, 1.54) is 24.3 Å². The second-order valence-corrected chi connectivity index (χ2v) is 4.81. The van der Waals surface area contributed by atoms with E-state index in [1.807, 2.05) is 6.07 Å². The molecule has 10 nitrogen and oxygen atoms in total. The van der Waals surface area contributed by atoms with E-state index in [9.17, 15) is 20.2 Å². The lowest BCUT2D eigenvalue weighted by Gasteiger charge is -2.10. The number of aromatic nitrogens is 3. The first-order valence-electron chi connectivity index (χ1n) is 6.56. The fourth-order valence-corrected chi connectivity index (χ4v) is 2.36. The normalized spacial score (nSPS) is 10.5. The van der Waals surface area contributed by atoms with Gasteiger partial charge in [-0.05, 0) is 17.7 Å². The number of hydrogen-bond acceptors (Lipinski definition) is 8. The van der Waals surface area contributed by atoms with Crippen molar-refractivity contribution >= 4 is 28.5 Å². The Morgan fingerprint density at radius 2 is 1.88 bits per heavy atom. The molecule has 2 aromatic heterocycles. The van der Waals surface area contributed by atoms with E-state index >= 15 is 0 Å². The number of benzene rings is 1. The summed E-state index contributed by atoms with van der Waals surface area (Å²) in [6, 6.07) is 7.26. The first-order valence-corrected chi connectivity index (χ1v) is 6.56. The zero-order valence-electron chi connectivity index (χ0n) is 12.0. The Kier molecular flexibility index (Phi) is 3.31. The topological polar surface area (TPSA) is 178 Å². The van der Waals surface area contributed by atoms with Crippen LogP contribution in [0.5, 0.6) is 0 Å². The monoisotopic (exact) mass is 323 g/mol. The van der Waals surface area contributed by atoms with Gasteiger partial charge in [-0.3, -0.25) is 19.9 Å². The third kappa shape index (κ3) is 2.26. The molecule has 0 fully saturated rings. The summed E-state index contributed by atoms with van der Waals surface area (Å²) in [7, 11) is 0. The van der Waals surface area contributed by atoms with Crippen molar-refractivity contribution in [2.24, 2.45) is 0 Å². The number of hydrogen-bond donors (Lipinski definition) is 3. The highest BCUT2D eigenvalue weighted by Gasteiger charge is 2.19. The molecule has 2 heterocycles. The third-order valence-corrected chi connectivity index (χ3v) is 3.38. The van der Waals surface area contributed by atoms with Crippen LogP contribution in [0.15, 0.2) is 29.1 Å². The van der Waals surface area contributed by atoms with E-state index in [1.54, 1.807) is 0 Å². The van der Waals surface area contributed by atoms with Crippen LogP contribution < -0.4 is 17.0 Å². The highest BCUT2D eigenvalue weighted by Crippen LogP contribution is 2.32. The summed E-state index contributed by atoms with van der Waals surface area (Å²) in [4.78, 5) is 32.7. The molecule has 0 aliphatic carbocycles. The molecule has 10 heteroatoms. The molecule has 0 radical (unpaired) electrons. The number of nitrogens with one attached hydrogen (secondary N) is 1. The number of nitriles is 1. The van der Waals surface area contributed by atoms with E-state index < -0.39 is 10.5 Å². The van der Waals surface area contributed by atoms with Crippen molar-refractivity contribution < 1.29 is 4.92 Å².